The minimum Gasteiger partial charge on any atom is -0.425 e. The van der Waals surface area contributed by atoms with E-state index in [9.17, 15) is 10.1 Å². The minimum absolute atomic E-state index is 0.198. The Bertz CT molecular complexity index is 1750. The van der Waals surface area contributed by atoms with Gasteiger partial charge in [0.05, 0.1) is 16.9 Å². The van der Waals surface area contributed by atoms with E-state index in [1.165, 1.54) is 11.3 Å². The lowest BCUT2D eigenvalue weighted by Crippen LogP contribution is -2.33. The monoisotopic (exact) mass is 544 g/mol. The molecule has 6 rings (SSSR count). The lowest BCUT2D eigenvalue weighted by Gasteiger charge is -2.20. The summed E-state index contributed by atoms with van der Waals surface area (Å²) in [6, 6.07) is 27.1. The second kappa shape index (κ2) is 11.3. The molecule has 3 heterocycles. The molecule has 9 heteroatoms. The molecule has 0 fully saturated rings. The molecule has 1 aliphatic rings. The third-order valence-corrected chi connectivity index (χ3v) is 7.56. The van der Waals surface area contributed by atoms with Crippen molar-refractivity contribution in [3.8, 4) is 11.9 Å². The second-order valence-electron chi connectivity index (χ2n) is 9.11. The van der Waals surface area contributed by atoms with Gasteiger partial charge >= 0.3 is 6.02 Å². The summed E-state index contributed by atoms with van der Waals surface area (Å²) in [6.45, 7) is 1.18. The number of hydrogen-bond donors (Lipinski definition) is 2. The van der Waals surface area contributed by atoms with Gasteiger partial charge in [-0.25, -0.2) is 0 Å². The number of rotatable bonds is 6. The van der Waals surface area contributed by atoms with Crippen LogP contribution in [0.5, 0.6) is 5.75 Å². The van der Waals surface area contributed by atoms with Crippen LogP contribution in [0.4, 0.5) is 17.1 Å². The summed E-state index contributed by atoms with van der Waals surface area (Å²) in [5, 5.41) is 18.7. The largest absolute Gasteiger partial charge is 0.425 e. The maximum absolute atomic E-state index is 13.3. The molecule has 40 heavy (non-hydrogen) atoms. The Morgan fingerprint density at radius 1 is 1.07 bits per heavy atom. The maximum Gasteiger partial charge on any atom is 0.312 e. The number of aromatic nitrogens is 1. The maximum atomic E-state index is 13.3. The van der Waals surface area contributed by atoms with E-state index < -0.39 is 0 Å². The molecule has 1 amide bonds. The number of nitriles is 1. The molecule has 0 atom stereocenters. The van der Waals surface area contributed by atoms with Gasteiger partial charge in [0, 0.05) is 30.4 Å². The molecule has 2 N–H and O–H groups in total. The number of aliphatic imine (C=N–C) groups is 1. The number of hydrogen-bond acceptors (Lipinski definition) is 7. The summed E-state index contributed by atoms with van der Waals surface area (Å²) in [6.07, 6.45) is 4.42. The van der Waals surface area contributed by atoms with Gasteiger partial charge < -0.3 is 15.4 Å². The molecule has 0 saturated carbocycles. The van der Waals surface area contributed by atoms with Crippen molar-refractivity contribution in [2.75, 3.05) is 22.1 Å². The zero-order valence-electron chi connectivity index (χ0n) is 21.4. The number of carbonyl (C=O) groups excluding carboxylic acids is 1. The van der Waals surface area contributed by atoms with Crippen molar-refractivity contribution in [1.29, 1.82) is 5.26 Å². The average molecular weight is 545 g/mol. The standard InChI is InChI=1S/C31H24N6O2S/c32-20-35-31(39-24-6-2-1-3-7-24)37-16-13-21-10-11-23(18-28(21)37)36-30(38)29-27(14-17-40-29)34-19-22-12-15-33-26-9-5-4-8-25(22)26/h1-12,14-15,17-18,34H,13,16,19H2,(H,36,38). The van der Waals surface area contributed by atoms with E-state index >= 15 is 0 Å². The molecule has 8 nitrogen and oxygen atoms in total. The summed E-state index contributed by atoms with van der Waals surface area (Å²) in [4.78, 5) is 24.1. The number of nitrogens with one attached hydrogen (secondary N) is 2. The molecule has 0 bridgehead atoms. The van der Waals surface area contributed by atoms with E-state index in [0.717, 1.165) is 39.8 Å². The SMILES string of the molecule is N#CN=C(Oc1ccccc1)N1CCc2ccc(NC(=O)c3sccc3NCc3ccnc4ccccc34)cc21. The molecule has 0 radical (unpaired) electrons. The third kappa shape index (κ3) is 5.21. The topological polar surface area (TPSA) is 103 Å². The highest BCUT2D eigenvalue weighted by atomic mass is 32.1. The Hall–Kier alpha value is -5.20. The summed E-state index contributed by atoms with van der Waals surface area (Å²) >= 11 is 1.38. The van der Waals surface area contributed by atoms with Crippen molar-refractivity contribution in [2.45, 2.75) is 13.0 Å². The van der Waals surface area contributed by atoms with Crippen molar-refractivity contribution >= 4 is 51.2 Å². The summed E-state index contributed by atoms with van der Waals surface area (Å²) < 4.78 is 5.94. The van der Waals surface area contributed by atoms with E-state index in [2.05, 4.69) is 26.7 Å². The molecular weight excluding hydrogens is 520 g/mol. The quantitative estimate of drug-likeness (QED) is 0.145. The average Bonchev–Trinajstić information content (AvgIpc) is 3.63. The molecule has 1 aliphatic heterocycles. The van der Waals surface area contributed by atoms with Gasteiger partial charge in [0.1, 0.15) is 10.6 Å². The van der Waals surface area contributed by atoms with Gasteiger partial charge in [-0.05, 0) is 65.4 Å². The number of amides is 1. The smallest absolute Gasteiger partial charge is 0.312 e. The number of anilines is 3. The number of nitrogens with zero attached hydrogens (tertiary/aromatic N) is 4. The number of thiophene rings is 1. The van der Waals surface area contributed by atoms with Crippen LogP contribution >= 0.6 is 11.3 Å². The molecular formula is C31H24N6O2S. The van der Waals surface area contributed by atoms with Gasteiger partial charge in [-0.2, -0.15) is 5.26 Å². The van der Waals surface area contributed by atoms with Crippen LogP contribution in [-0.2, 0) is 13.0 Å². The molecule has 3 aromatic carbocycles. The van der Waals surface area contributed by atoms with Gasteiger partial charge in [-0.15, -0.1) is 16.3 Å². The Morgan fingerprint density at radius 3 is 2.80 bits per heavy atom. The van der Waals surface area contributed by atoms with E-state index in [1.54, 1.807) is 6.20 Å². The van der Waals surface area contributed by atoms with Crippen LogP contribution in [0.2, 0.25) is 0 Å². The highest BCUT2D eigenvalue weighted by Gasteiger charge is 2.26. The molecule has 2 aromatic heterocycles. The number of ether oxygens (including phenoxy) is 1. The number of pyridine rings is 1. The second-order valence-corrected chi connectivity index (χ2v) is 10.0. The van der Waals surface area contributed by atoms with E-state index in [0.29, 0.717) is 29.4 Å². The summed E-state index contributed by atoms with van der Waals surface area (Å²) in [7, 11) is 0. The number of benzene rings is 3. The van der Waals surface area contributed by atoms with Gasteiger partial charge in [-0.1, -0.05) is 42.5 Å². The fourth-order valence-corrected chi connectivity index (χ4v) is 5.51. The zero-order valence-corrected chi connectivity index (χ0v) is 22.2. The van der Waals surface area contributed by atoms with Crippen LogP contribution in [0, 0.1) is 11.5 Å². The zero-order chi connectivity index (χ0) is 27.3. The van der Waals surface area contributed by atoms with Gasteiger partial charge in [0.2, 0.25) is 6.19 Å². The summed E-state index contributed by atoms with van der Waals surface area (Å²) in [5.74, 6) is 0.389. The summed E-state index contributed by atoms with van der Waals surface area (Å²) in [5.41, 5.74) is 5.39. The minimum atomic E-state index is -0.201. The fourth-order valence-electron chi connectivity index (χ4n) is 4.74. The van der Waals surface area contributed by atoms with E-state index in [-0.39, 0.29) is 11.9 Å². The molecule has 0 spiro atoms. The first-order valence-corrected chi connectivity index (χ1v) is 13.6. The van der Waals surface area contributed by atoms with Gasteiger partial charge in [0.15, 0.2) is 0 Å². The Kier molecular flexibility index (Phi) is 7.07. The molecule has 0 saturated heterocycles. The Morgan fingerprint density at radius 2 is 1.93 bits per heavy atom. The van der Waals surface area contributed by atoms with Crippen LogP contribution in [-0.4, -0.2) is 23.5 Å². The van der Waals surface area contributed by atoms with Crippen molar-refractivity contribution in [3.05, 3.63) is 113 Å². The van der Waals surface area contributed by atoms with E-state index in [1.807, 2.05) is 95.3 Å². The molecule has 5 aromatic rings. The highest BCUT2D eigenvalue weighted by Crippen LogP contribution is 2.33. The predicted octanol–water partition coefficient (Wildman–Crippen LogP) is 6.44. The van der Waals surface area contributed by atoms with Crippen LogP contribution in [0.15, 0.2) is 101 Å². The normalized spacial score (nSPS) is 12.6. The van der Waals surface area contributed by atoms with Crippen molar-refractivity contribution in [3.63, 3.8) is 0 Å². The lowest BCUT2D eigenvalue weighted by atomic mass is 10.1. The number of carbonyl (C=O) groups is 1. The highest BCUT2D eigenvalue weighted by molar-refractivity contribution is 7.12. The Balaban J connectivity index is 1.18. The van der Waals surface area contributed by atoms with Crippen LogP contribution in [0.3, 0.4) is 0 Å². The first kappa shape index (κ1) is 25.1. The fraction of sp³-hybridized carbons (Fsp3) is 0.0968. The van der Waals surface area contributed by atoms with E-state index in [4.69, 9.17) is 4.74 Å². The Labute approximate surface area is 235 Å². The van der Waals surface area contributed by atoms with Crippen LogP contribution in [0.25, 0.3) is 10.9 Å². The predicted molar refractivity (Wildman–Crippen MR) is 159 cm³/mol. The first-order valence-electron chi connectivity index (χ1n) is 12.7. The molecule has 0 aliphatic carbocycles. The molecule has 0 unspecified atom stereocenters. The lowest BCUT2D eigenvalue weighted by molar-refractivity contribution is 0.103. The van der Waals surface area contributed by atoms with Crippen LogP contribution < -0.4 is 20.3 Å². The van der Waals surface area contributed by atoms with Gasteiger partial charge in [-0.3, -0.25) is 14.7 Å². The van der Waals surface area contributed by atoms with Gasteiger partial charge in [0.25, 0.3) is 5.91 Å². The number of fused-ring (bicyclic) bond motifs is 2. The van der Waals surface area contributed by atoms with Crippen molar-refractivity contribution in [1.82, 2.24) is 4.98 Å². The van der Waals surface area contributed by atoms with Crippen molar-refractivity contribution < 1.29 is 9.53 Å². The third-order valence-electron chi connectivity index (χ3n) is 6.65. The van der Waals surface area contributed by atoms with Crippen molar-refractivity contribution in [2.24, 2.45) is 4.99 Å². The number of amidine groups is 1. The molecule has 196 valence electrons. The first-order chi connectivity index (χ1) is 19.7. The number of para-hydroxylation sites is 2. The van der Waals surface area contributed by atoms with Crippen LogP contribution in [0.1, 0.15) is 20.8 Å².